The Hall–Kier alpha value is -2.17. The van der Waals surface area contributed by atoms with Crippen LogP contribution in [-0.2, 0) is 10.2 Å². The standard InChI is InChI=1S/C20H24N4O/c25-19(20(10-11-20)16-4-2-1-3-5-16)24-12-8-15(9-13-24)18-21-17(22-23-18)14-6-7-14/h1-5,14-15H,6-13H2,(H,21,22,23). The largest absolute Gasteiger partial charge is 0.342 e. The lowest BCUT2D eigenvalue weighted by Gasteiger charge is -2.33. The van der Waals surface area contributed by atoms with Crippen molar-refractivity contribution in [1.29, 1.82) is 0 Å². The van der Waals surface area contributed by atoms with Crippen LogP contribution >= 0.6 is 0 Å². The lowest BCUT2D eigenvalue weighted by Crippen LogP contribution is -2.43. The SMILES string of the molecule is O=C(N1CCC(c2nc(C3CC3)n[nH]2)CC1)C1(c2ccccc2)CC1. The highest BCUT2D eigenvalue weighted by Gasteiger charge is 2.53. The summed E-state index contributed by atoms with van der Waals surface area (Å²) < 4.78 is 0. The molecule has 1 saturated heterocycles. The second-order valence-electron chi connectivity index (χ2n) is 7.87. The van der Waals surface area contributed by atoms with Crippen LogP contribution in [0.15, 0.2) is 30.3 Å². The number of likely N-dealkylation sites (tertiary alicyclic amines) is 1. The van der Waals surface area contributed by atoms with Crippen molar-refractivity contribution >= 4 is 5.91 Å². The molecule has 5 nitrogen and oxygen atoms in total. The van der Waals surface area contributed by atoms with Crippen molar-refractivity contribution in [3.8, 4) is 0 Å². The third-order valence-corrected chi connectivity index (χ3v) is 6.12. The minimum atomic E-state index is -0.237. The third-order valence-electron chi connectivity index (χ3n) is 6.12. The van der Waals surface area contributed by atoms with Gasteiger partial charge in [0.15, 0.2) is 5.82 Å². The average molecular weight is 336 g/mol. The number of hydrogen-bond donors (Lipinski definition) is 1. The molecule has 2 aliphatic carbocycles. The molecule has 1 aromatic carbocycles. The molecular formula is C20H24N4O. The summed E-state index contributed by atoms with van der Waals surface area (Å²) in [7, 11) is 0. The van der Waals surface area contributed by atoms with Gasteiger partial charge >= 0.3 is 0 Å². The van der Waals surface area contributed by atoms with Crippen molar-refractivity contribution in [2.45, 2.75) is 55.8 Å². The molecule has 3 aliphatic rings. The Balaban J connectivity index is 1.24. The van der Waals surface area contributed by atoms with E-state index < -0.39 is 0 Å². The summed E-state index contributed by atoms with van der Waals surface area (Å²) in [5, 5.41) is 7.52. The van der Waals surface area contributed by atoms with E-state index in [2.05, 4.69) is 27.2 Å². The fraction of sp³-hybridized carbons (Fsp3) is 0.550. The lowest BCUT2D eigenvalue weighted by molar-refractivity contribution is -0.135. The molecule has 5 rings (SSSR count). The van der Waals surface area contributed by atoms with Crippen LogP contribution in [0.2, 0.25) is 0 Å². The van der Waals surface area contributed by atoms with Crippen molar-refractivity contribution in [2.24, 2.45) is 0 Å². The summed E-state index contributed by atoms with van der Waals surface area (Å²) in [4.78, 5) is 19.9. The molecule has 1 aliphatic heterocycles. The topological polar surface area (TPSA) is 61.9 Å². The molecule has 25 heavy (non-hydrogen) atoms. The number of H-pyrrole nitrogens is 1. The first kappa shape index (κ1) is 15.1. The van der Waals surface area contributed by atoms with Gasteiger partial charge in [0.05, 0.1) is 5.41 Å². The number of aromatic nitrogens is 3. The summed E-state index contributed by atoms with van der Waals surface area (Å²) in [6, 6.07) is 10.3. The van der Waals surface area contributed by atoms with Crippen LogP contribution in [0.5, 0.6) is 0 Å². The zero-order valence-electron chi connectivity index (χ0n) is 14.4. The zero-order valence-corrected chi connectivity index (χ0v) is 14.4. The highest BCUT2D eigenvalue weighted by atomic mass is 16.2. The number of nitrogens with one attached hydrogen (secondary N) is 1. The predicted octanol–water partition coefficient (Wildman–Crippen LogP) is 3.12. The Morgan fingerprint density at radius 2 is 1.76 bits per heavy atom. The lowest BCUT2D eigenvalue weighted by atomic mass is 9.91. The van der Waals surface area contributed by atoms with Gasteiger partial charge in [-0.05, 0) is 44.1 Å². The highest BCUT2D eigenvalue weighted by Crippen LogP contribution is 2.50. The van der Waals surface area contributed by atoms with Crippen LogP contribution in [0.3, 0.4) is 0 Å². The minimum Gasteiger partial charge on any atom is -0.342 e. The number of hydrogen-bond acceptors (Lipinski definition) is 3. The maximum atomic E-state index is 13.1. The van der Waals surface area contributed by atoms with E-state index in [0.29, 0.717) is 17.7 Å². The fourth-order valence-corrected chi connectivity index (χ4v) is 4.16. The number of piperidine rings is 1. The zero-order chi connectivity index (χ0) is 16.9. The van der Waals surface area contributed by atoms with Gasteiger partial charge < -0.3 is 4.90 Å². The molecular weight excluding hydrogens is 312 g/mol. The number of nitrogens with zero attached hydrogens (tertiary/aromatic N) is 3. The normalized spacial score (nSPS) is 22.8. The van der Waals surface area contributed by atoms with Gasteiger partial charge in [0, 0.05) is 24.9 Å². The number of benzene rings is 1. The van der Waals surface area contributed by atoms with Crippen LogP contribution in [0.25, 0.3) is 0 Å². The van der Waals surface area contributed by atoms with Crippen LogP contribution < -0.4 is 0 Å². The van der Waals surface area contributed by atoms with Gasteiger partial charge in [-0.15, -0.1) is 0 Å². The summed E-state index contributed by atoms with van der Waals surface area (Å²) in [6.45, 7) is 1.66. The van der Waals surface area contributed by atoms with Gasteiger partial charge in [-0.25, -0.2) is 4.98 Å². The highest BCUT2D eigenvalue weighted by molar-refractivity contribution is 5.91. The van der Waals surface area contributed by atoms with Gasteiger partial charge in [0.2, 0.25) is 5.91 Å². The summed E-state index contributed by atoms with van der Waals surface area (Å²) in [6.07, 6.45) is 6.40. The van der Waals surface area contributed by atoms with E-state index in [-0.39, 0.29) is 5.41 Å². The van der Waals surface area contributed by atoms with E-state index >= 15 is 0 Å². The fourth-order valence-electron chi connectivity index (χ4n) is 4.16. The third kappa shape index (κ3) is 2.66. The van der Waals surface area contributed by atoms with E-state index in [1.165, 1.54) is 18.4 Å². The first-order chi connectivity index (χ1) is 12.3. The van der Waals surface area contributed by atoms with Crippen LogP contribution in [0.4, 0.5) is 0 Å². The Morgan fingerprint density at radius 1 is 1.04 bits per heavy atom. The molecule has 0 spiro atoms. The van der Waals surface area contributed by atoms with Crippen LogP contribution in [0, 0.1) is 0 Å². The molecule has 5 heteroatoms. The first-order valence-corrected chi connectivity index (χ1v) is 9.53. The molecule has 1 amide bonds. The predicted molar refractivity (Wildman–Crippen MR) is 94.3 cm³/mol. The monoisotopic (exact) mass is 336 g/mol. The molecule has 130 valence electrons. The summed E-state index contributed by atoms with van der Waals surface area (Å²) >= 11 is 0. The van der Waals surface area contributed by atoms with E-state index in [1.54, 1.807) is 0 Å². The molecule has 0 atom stereocenters. The van der Waals surface area contributed by atoms with Crippen molar-refractivity contribution in [1.82, 2.24) is 20.1 Å². The number of carbonyl (C=O) groups excluding carboxylic acids is 1. The van der Waals surface area contributed by atoms with Gasteiger partial charge in [-0.3, -0.25) is 9.89 Å². The molecule has 3 fully saturated rings. The van der Waals surface area contributed by atoms with E-state index in [1.807, 2.05) is 18.2 Å². The summed E-state index contributed by atoms with van der Waals surface area (Å²) in [5.41, 5.74) is 0.950. The van der Waals surface area contributed by atoms with E-state index in [9.17, 15) is 4.79 Å². The number of rotatable bonds is 4. The number of carbonyl (C=O) groups is 1. The molecule has 1 aromatic heterocycles. The van der Waals surface area contributed by atoms with Gasteiger partial charge in [0.25, 0.3) is 0 Å². The second-order valence-corrected chi connectivity index (χ2v) is 7.87. The summed E-state index contributed by atoms with van der Waals surface area (Å²) in [5.74, 6) is 3.35. The Labute approximate surface area is 147 Å². The number of aromatic amines is 1. The molecule has 1 N–H and O–H groups in total. The minimum absolute atomic E-state index is 0.237. The average Bonchev–Trinajstić information content (AvgIpc) is 3.61. The quantitative estimate of drug-likeness (QED) is 0.933. The molecule has 0 bridgehead atoms. The number of amides is 1. The Kier molecular flexibility index (Phi) is 3.43. The van der Waals surface area contributed by atoms with Crippen molar-refractivity contribution in [3.05, 3.63) is 47.5 Å². The molecule has 2 saturated carbocycles. The van der Waals surface area contributed by atoms with E-state index in [4.69, 9.17) is 4.98 Å². The Bertz CT molecular complexity index is 768. The first-order valence-electron chi connectivity index (χ1n) is 9.53. The van der Waals surface area contributed by atoms with Crippen molar-refractivity contribution in [3.63, 3.8) is 0 Å². The smallest absolute Gasteiger partial charge is 0.233 e. The van der Waals surface area contributed by atoms with Crippen LogP contribution in [-0.4, -0.2) is 39.1 Å². The Morgan fingerprint density at radius 3 is 2.40 bits per heavy atom. The van der Waals surface area contributed by atoms with Gasteiger partial charge in [-0.2, -0.15) is 5.10 Å². The van der Waals surface area contributed by atoms with E-state index in [0.717, 1.165) is 50.4 Å². The molecule has 0 radical (unpaired) electrons. The second kappa shape index (κ2) is 5.68. The van der Waals surface area contributed by atoms with Crippen molar-refractivity contribution in [2.75, 3.05) is 13.1 Å². The molecule has 2 aromatic rings. The molecule has 2 heterocycles. The maximum Gasteiger partial charge on any atom is 0.233 e. The van der Waals surface area contributed by atoms with Gasteiger partial charge in [0.1, 0.15) is 5.82 Å². The molecule has 0 unspecified atom stereocenters. The van der Waals surface area contributed by atoms with Gasteiger partial charge in [-0.1, -0.05) is 30.3 Å². The van der Waals surface area contributed by atoms with Crippen LogP contribution in [0.1, 0.15) is 67.6 Å². The van der Waals surface area contributed by atoms with Crippen molar-refractivity contribution < 1.29 is 4.79 Å². The maximum absolute atomic E-state index is 13.1.